The Hall–Kier alpha value is -5.22. The summed E-state index contributed by atoms with van der Waals surface area (Å²) >= 11 is 0. The van der Waals surface area contributed by atoms with Crippen LogP contribution >= 0.6 is 0 Å². The van der Waals surface area contributed by atoms with E-state index in [1.807, 2.05) is 24.3 Å². The minimum Gasteiger partial charge on any atom is -0.481 e. The van der Waals surface area contributed by atoms with Gasteiger partial charge in [0.2, 0.25) is 0 Å². The minimum absolute atomic E-state index is 0.0728. The van der Waals surface area contributed by atoms with E-state index in [0.717, 1.165) is 66.1 Å². The predicted molar refractivity (Wildman–Crippen MR) is 172 cm³/mol. The molecule has 6 aromatic rings. The van der Waals surface area contributed by atoms with Gasteiger partial charge in [0, 0.05) is 18.3 Å². The molecule has 2 N–H and O–H groups in total. The van der Waals surface area contributed by atoms with Crippen molar-refractivity contribution in [3.8, 4) is 33.4 Å². The second-order valence-electron chi connectivity index (χ2n) is 11.4. The molecule has 0 aliphatic heterocycles. The molecule has 43 heavy (non-hydrogen) atoms. The first-order valence-corrected chi connectivity index (χ1v) is 14.6. The summed E-state index contributed by atoms with van der Waals surface area (Å²) in [5, 5.41) is 24.4. The molecule has 0 radical (unpaired) electrons. The molecule has 0 heterocycles. The van der Waals surface area contributed by atoms with Crippen LogP contribution in [0.4, 0.5) is 0 Å². The van der Waals surface area contributed by atoms with Gasteiger partial charge in [-0.25, -0.2) is 0 Å². The maximum atomic E-state index is 12.1. The lowest BCUT2D eigenvalue weighted by Crippen LogP contribution is -2.29. The Morgan fingerprint density at radius 1 is 0.465 bits per heavy atom. The average molecular weight is 563 g/mol. The predicted octanol–water partition coefficient (Wildman–Crippen LogP) is 9.32. The molecule has 0 saturated carbocycles. The van der Waals surface area contributed by atoms with Gasteiger partial charge >= 0.3 is 11.9 Å². The lowest BCUT2D eigenvalue weighted by atomic mass is 9.67. The number of hydrogen-bond donors (Lipinski definition) is 2. The zero-order valence-corrected chi connectivity index (χ0v) is 23.6. The second kappa shape index (κ2) is 10.6. The first-order chi connectivity index (χ1) is 20.9. The van der Waals surface area contributed by atoms with E-state index in [-0.39, 0.29) is 12.8 Å². The van der Waals surface area contributed by atoms with Crippen molar-refractivity contribution < 1.29 is 19.8 Å². The summed E-state index contributed by atoms with van der Waals surface area (Å²) in [7, 11) is 0. The van der Waals surface area contributed by atoms with Gasteiger partial charge in [-0.05, 0) is 91.0 Å². The molecule has 4 heteroatoms. The first-order valence-electron chi connectivity index (χ1n) is 14.6. The molecule has 1 aliphatic rings. The maximum Gasteiger partial charge on any atom is 0.303 e. The normalized spacial score (nSPS) is 13.1. The van der Waals surface area contributed by atoms with Crippen LogP contribution in [0.1, 0.15) is 36.8 Å². The fourth-order valence-corrected chi connectivity index (χ4v) is 7.17. The van der Waals surface area contributed by atoms with E-state index in [9.17, 15) is 19.8 Å². The van der Waals surface area contributed by atoms with E-state index in [2.05, 4.69) is 97.1 Å². The molecule has 4 nitrogen and oxygen atoms in total. The maximum absolute atomic E-state index is 12.1. The smallest absolute Gasteiger partial charge is 0.303 e. The molecule has 0 amide bonds. The Morgan fingerprint density at radius 2 is 0.860 bits per heavy atom. The van der Waals surface area contributed by atoms with Gasteiger partial charge < -0.3 is 10.2 Å². The van der Waals surface area contributed by atoms with E-state index in [1.54, 1.807) is 0 Å². The van der Waals surface area contributed by atoms with Crippen LogP contribution in [0.3, 0.4) is 0 Å². The van der Waals surface area contributed by atoms with Crippen LogP contribution in [0.5, 0.6) is 0 Å². The molecule has 1 aliphatic carbocycles. The first kappa shape index (κ1) is 26.7. The number of benzene rings is 6. The lowest BCUT2D eigenvalue weighted by Gasteiger charge is -2.35. The Kier molecular flexibility index (Phi) is 6.55. The summed E-state index contributed by atoms with van der Waals surface area (Å²) in [6, 6.07) is 41.8. The van der Waals surface area contributed by atoms with Crippen molar-refractivity contribution >= 4 is 33.5 Å². The summed E-state index contributed by atoms with van der Waals surface area (Å²) < 4.78 is 0. The molecule has 6 aromatic carbocycles. The molecule has 0 saturated heterocycles. The van der Waals surface area contributed by atoms with Gasteiger partial charge in [-0.2, -0.15) is 0 Å². The molecule has 0 bridgehead atoms. The highest BCUT2D eigenvalue weighted by Gasteiger charge is 2.46. The van der Waals surface area contributed by atoms with Crippen LogP contribution in [0.25, 0.3) is 54.9 Å². The van der Waals surface area contributed by atoms with E-state index < -0.39 is 17.4 Å². The van der Waals surface area contributed by atoms with Crippen LogP contribution in [-0.4, -0.2) is 22.2 Å². The minimum atomic E-state index is -0.893. The van der Waals surface area contributed by atoms with E-state index >= 15 is 0 Å². The summed E-state index contributed by atoms with van der Waals surface area (Å²) in [6.45, 7) is 0. The van der Waals surface area contributed by atoms with Crippen molar-refractivity contribution in [2.24, 2.45) is 0 Å². The van der Waals surface area contributed by atoms with Crippen molar-refractivity contribution in [3.63, 3.8) is 0 Å². The highest BCUT2D eigenvalue weighted by Crippen LogP contribution is 2.59. The third-order valence-corrected chi connectivity index (χ3v) is 9.03. The van der Waals surface area contributed by atoms with Gasteiger partial charge in [-0.15, -0.1) is 0 Å². The van der Waals surface area contributed by atoms with Crippen LogP contribution in [-0.2, 0) is 15.0 Å². The highest BCUT2D eigenvalue weighted by atomic mass is 16.4. The van der Waals surface area contributed by atoms with Gasteiger partial charge in [0.25, 0.3) is 0 Å². The van der Waals surface area contributed by atoms with Crippen LogP contribution in [0.2, 0.25) is 0 Å². The fraction of sp³-hybridized carbons (Fsp3) is 0.128. The standard InChI is InChI=1S/C39H30O4/c40-35(41)19-21-39(22-20-36(42)43)37-31(29-17-15-25-7-1-3-9-27(25)23-29)11-5-13-33(37)34-14-6-12-32(38(34)39)30-18-16-26-8-2-4-10-28(26)24-30/h1-18,23-24H,19-22H2,(H,40,41)(H,42,43). The van der Waals surface area contributed by atoms with Crippen LogP contribution in [0, 0.1) is 0 Å². The molecular weight excluding hydrogens is 532 g/mol. The largest absolute Gasteiger partial charge is 0.481 e. The van der Waals surface area contributed by atoms with Gasteiger partial charge in [-0.3, -0.25) is 9.59 Å². The topological polar surface area (TPSA) is 74.6 Å². The van der Waals surface area contributed by atoms with Crippen molar-refractivity contribution in [3.05, 3.63) is 132 Å². The average Bonchev–Trinajstić information content (AvgIpc) is 3.32. The molecule has 0 unspecified atom stereocenters. The number of fused-ring (bicyclic) bond motifs is 5. The van der Waals surface area contributed by atoms with Gasteiger partial charge in [0.1, 0.15) is 0 Å². The number of carboxylic acid groups (broad SMARTS) is 2. The van der Waals surface area contributed by atoms with Crippen molar-refractivity contribution in [1.29, 1.82) is 0 Å². The molecule has 0 atom stereocenters. The Morgan fingerprint density at radius 3 is 1.28 bits per heavy atom. The summed E-state index contributed by atoms with van der Waals surface area (Å²) in [4.78, 5) is 24.3. The monoisotopic (exact) mass is 562 g/mol. The number of carboxylic acids is 2. The zero-order chi connectivity index (χ0) is 29.6. The number of hydrogen-bond acceptors (Lipinski definition) is 2. The van der Waals surface area contributed by atoms with Crippen LogP contribution < -0.4 is 0 Å². The number of aliphatic carboxylic acids is 2. The number of carbonyl (C=O) groups is 2. The summed E-state index contributed by atoms with van der Waals surface area (Å²) in [5.74, 6) is -1.79. The van der Waals surface area contributed by atoms with Gasteiger partial charge in [-0.1, -0.05) is 109 Å². The Balaban J connectivity index is 1.53. The van der Waals surface area contributed by atoms with E-state index in [0.29, 0.717) is 12.8 Å². The van der Waals surface area contributed by atoms with Gasteiger partial charge in [0.05, 0.1) is 0 Å². The van der Waals surface area contributed by atoms with Crippen molar-refractivity contribution in [1.82, 2.24) is 0 Å². The van der Waals surface area contributed by atoms with E-state index in [4.69, 9.17) is 0 Å². The summed E-state index contributed by atoms with van der Waals surface area (Å²) in [5.41, 5.74) is 7.41. The third kappa shape index (κ3) is 4.56. The summed E-state index contributed by atoms with van der Waals surface area (Å²) in [6.07, 6.45) is 0.447. The SMILES string of the molecule is O=C(O)CCC1(CCC(=O)O)c2c(-c3ccc4ccccc4c3)cccc2-c2cccc(-c3ccc4ccccc4c3)c21. The van der Waals surface area contributed by atoms with Crippen LogP contribution in [0.15, 0.2) is 121 Å². The fourth-order valence-electron chi connectivity index (χ4n) is 7.17. The second-order valence-corrected chi connectivity index (χ2v) is 11.4. The van der Waals surface area contributed by atoms with Gasteiger partial charge in [0.15, 0.2) is 0 Å². The highest BCUT2D eigenvalue weighted by molar-refractivity contribution is 5.97. The molecular formula is C39H30O4. The Bertz CT molecular complexity index is 1910. The molecule has 0 fully saturated rings. The lowest BCUT2D eigenvalue weighted by molar-refractivity contribution is -0.137. The molecule has 0 aromatic heterocycles. The third-order valence-electron chi connectivity index (χ3n) is 9.03. The Labute approximate surface area is 249 Å². The molecule has 210 valence electrons. The zero-order valence-electron chi connectivity index (χ0n) is 23.6. The molecule has 7 rings (SSSR count). The van der Waals surface area contributed by atoms with Crippen molar-refractivity contribution in [2.45, 2.75) is 31.1 Å². The quantitative estimate of drug-likeness (QED) is 0.194. The number of rotatable bonds is 8. The van der Waals surface area contributed by atoms with Crippen molar-refractivity contribution in [2.75, 3.05) is 0 Å². The van der Waals surface area contributed by atoms with E-state index in [1.165, 1.54) is 0 Å². The molecule has 0 spiro atoms.